The second kappa shape index (κ2) is 11.7. The fourth-order valence-electron chi connectivity index (χ4n) is 5.56. The molecular formula is C39H39FN2O2. The largest absolute Gasteiger partial charge is 0.354 e. The molecule has 0 saturated heterocycles. The molecule has 4 aromatic carbocycles. The van der Waals surface area contributed by atoms with Crippen LogP contribution in [0, 0.1) is 12.7 Å². The standard InChI is InChI=1S/C20H21NO.C19H18FNO/c1-13-6-5-7-16-17(12-22)19(21-18(13)16)14-8-10-15(11-9-14)20(2,3)4;1-19(2,3)13-9-7-12(8-10-13)17-15(11-22)14-5-4-6-16(20)18(14)21-17/h5-12,21H,1-4H3;4-11,21H,1-3H3. The maximum atomic E-state index is 13.9. The molecule has 0 aliphatic rings. The Morgan fingerprint density at radius 2 is 0.977 bits per heavy atom. The summed E-state index contributed by atoms with van der Waals surface area (Å²) in [6.45, 7) is 15.1. The van der Waals surface area contributed by atoms with Crippen LogP contribution in [0.15, 0.2) is 84.9 Å². The number of carbonyl (C=O) groups is 2. The molecule has 0 aliphatic carbocycles. The van der Waals surface area contributed by atoms with Gasteiger partial charge in [-0.15, -0.1) is 0 Å². The van der Waals surface area contributed by atoms with Gasteiger partial charge in [0.2, 0.25) is 0 Å². The summed E-state index contributed by atoms with van der Waals surface area (Å²) in [6, 6.07) is 27.3. The first-order valence-corrected chi connectivity index (χ1v) is 14.9. The summed E-state index contributed by atoms with van der Waals surface area (Å²) < 4.78 is 13.9. The fourth-order valence-corrected chi connectivity index (χ4v) is 5.56. The van der Waals surface area contributed by atoms with E-state index in [4.69, 9.17) is 0 Å². The molecular weight excluding hydrogens is 547 g/mol. The zero-order valence-electron chi connectivity index (χ0n) is 26.4. The van der Waals surface area contributed by atoms with E-state index in [1.165, 1.54) is 17.2 Å². The number of H-pyrrole nitrogens is 2. The topological polar surface area (TPSA) is 65.7 Å². The van der Waals surface area contributed by atoms with Crippen LogP contribution < -0.4 is 0 Å². The van der Waals surface area contributed by atoms with Crippen molar-refractivity contribution in [2.75, 3.05) is 0 Å². The zero-order chi connectivity index (χ0) is 31.8. The second-order valence-corrected chi connectivity index (χ2v) is 13.4. The Kier molecular flexibility index (Phi) is 8.17. The third-order valence-electron chi connectivity index (χ3n) is 8.22. The number of para-hydroxylation sites is 2. The average molecular weight is 587 g/mol. The summed E-state index contributed by atoms with van der Waals surface area (Å²) in [5.74, 6) is -0.349. The number of fused-ring (bicyclic) bond motifs is 2. The van der Waals surface area contributed by atoms with E-state index in [1.807, 2.05) is 36.4 Å². The number of aldehydes is 2. The van der Waals surface area contributed by atoms with Crippen molar-refractivity contribution in [3.63, 3.8) is 0 Å². The predicted molar refractivity (Wildman–Crippen MR) is 180 cm³/mol. The van der Waals surface area contributed by atoms with E-state index in [9.17, 15) is 14.0 Å². The van der Waals surface area contributed by atoms with Crippen LogP contribution >= 0.6 is 0 Å². The van der Waals surface area contributed by atoms with Crippen molar-refractivity contribution in [2.24, 2.45) is 0 Å². The highest BCUT2D eigenvalue weighted by Crippen LogP contribution is 2.33. The highest BCUT2D eigenvalue weighted by Gasteiger charge is 2.18. The number of benzene rings is 4. The van der Waals surface area contributed by atoms with E-state index in [-0.39, 0.29) is 16.6 Å². The molecule has 0 fully saturated rings. The summed E-state index contributed by atoms with van der Waals surface area (Å²) in [5.41, 5.74) is 9.99. The molecule has 6 rings (SSSR count). The van der Waals surface area contributed by atoms with Crippen LogP contribution in [0.3, 0.4) is 0 Å². The molecule has 4 nitrogen and oxygen atoms in total. The van der Waals surface area contributed by atoms with Crippen LogP contribution in [0.5, 0.6) is 0 Å². The fraction of sp³-hybridized carbons (Fsp3) is 0.231. The number of carbonyl (C=O) groups excluding carboxylic acids is 2. The van der Waals surface area contributed by atoms with Gasteiger partial charge in [-0.25, -0.2) is 4.39 Å². The number of halogens is 1. The molecule has 0 amide bonds. The lowest BCUT2D eigenvalue weighted by molar-refractivity contribution is 0.111. The highest BCUT2D eigenvalue weighted by atomic mass is 19.1. The van der Waals surface area contributed by atoms with Gasteiger partial charge in [-0.2, -0.15) is 0 Å². The first-order chi connectivity index (χ1) is 20.8. The highest BCUT2D eigenvalue weighted by molar-refractivity contribution is 6.05. The maximum Gasteiger partial charge on any atom is 0.152 e. The van der Waals surface area contributed by atoms with E-state index in [0.717, 1.165) is 51.4 Å². The SMILES string of the molecule is CC(C)(C)c1ccc(-c2[nH]c3c(F)cccc3c2C=O)cc1.Cc1cccc2c(C=O)c(-c3ccc(C(C)(C)C)cc3)[nH]c12. The number of rotatable bonds is 4. The van der Waals surface area contributed by atoms with Gasteiger partial charge >= 0.3 is 0 Å². The molecule has 6 aromatic rings. The zero-order valence-corrected chi connectivity index (χ0v) is 26.4. The van der Waals surface area contributed by atoms with E-state index < -0.39 is 0 Å². The molecule has 2 heterocycles. The molecule has 2 N–H and O–H groups in total. The summed E-state index contributed by atoms with van der Waals surface area (Å²) in [6.07, 6.45) is 1.73. The quantitative estimate of drug-likeness (QED) is 0.202. The molecule has 0 saturated carbocycles. The van der Waals surface area contributed by atoms with Crippen molar-refractivity contribution in [2.45, 2.75) is 59.3 Å². The number of hydrogen-bond acceptors (Lipinski definition) is 2. The van der Waals surface area contributed by atoms with Crippen LogP contribution in [0.4, 0.5) is 4.39 Å². The molecule has 44 heavy (non-hydrogen) atoms. The van der Waals surface area contributed by atoms with Crippen LogP contribution in [-0.2, 0) is 10.8 Å². The summed E-state index contributed by atoms with van der Waals surface area (Å²) in [4.78, 5) is 29.5. The summed E-state index contributed by atoms with van der Waals surface area (Å²) in [7, 11) is 0. The van der Waals surface area contributed by atoms with Crippen molar-refractivity contribution in [1.29, 1.82) is 0 Å². The van der Waals surface area contributed by atoms with Gasteiger partial charge in [0.1, 0.15) is 5.82 Å². The predicted octanol–water partition coefficient (Wildman–Crippen LogP) is 10.3. The van der Waals surface area contributed by atoms with Crippen LogP contribution in [0.2, 0.25) is 0 Å². The number of nitrogens with one attached hydrogen (secondary N) is 2. The van der Waals surface area contributed by atoms with Gasteiger partial charge in [-0.05, 0) is 51.6 Å². The van der Waals surface area contributed by atoms with Gasteiger partial charge < -0.3 is 9.97 Å². The lowest BCUT2D eigenvalue weighted by atomic mass is 9.86. The van der Waals surface area contributed by atoms with E-state index >= 15 is 0 Å². The third-order valence-corrected chi connectivity index (χ3v) is 8.22. The van der Waals surface area contributed by atoms with Crippen molar-refractivity contribution < 1.29 is 14.0 Å². The molecule has 0 radical (unpaired) electrons. The van der Waals surface area contributed by atoms with Crippen molar-refractivity contribution in [3.8, 4) is 22.5 Å². The van der Waals surface area contributed by atoms with Crippen molar-refractivity contribution in [3.05, 3.63) is 119 Å². The Balaban J connectivity index is 0.000000175. The Morgan fingerprint density at radius 1 is 0.568 bits per heavy atom. The first kappa shape index (κ1) is 30.7. The van der Waals surface area contributed by atoms with Gasteiger partial charge in [-0.1, -0.05) is 120 Å². The Morgan fingerprint density at radius 3 is 1.41 bits per heavy atom. The average Bonchev–Trinajstić information content (AvgIpc) is 3.57. The van der Waals surface area contributed by atoms with Gasteiger partial charge in [-0.3, -0.25) is 9.59 Å². The summed E-state index contributed by atoms with van der Waals surface area (Å²) in [5, 5.41) is 1.61. The van der Waals surface area contributed by atoms with Crippen LogP contribution in [-0.4, -0.2) is 22.5 Å². The van der Waals surface area contributed by atoms with E-state index in [0.29, 0.717) is 22.2 Å². The second-order valence-electron chi connectivity index (χ2n) is 13.4. The number of aromatic amines is 2. The molecule has 0 aliphatic heterocycles. The molecule has 0 unspecified atom stereocenters. The van der Waals surface area contributed by atoms with E-state index in [2.05, 4.69) is 88.8 Å². The molecule has 2 aromatic heterocycles. The first-order valence-electron chi connectivity index (χ1n) is 14.9. The third kappa shape index (κ3) is 5.87. The van der Waals surface area contributed by atoms with Gasteiger partial charge in [0.05, 0.1) is 16.9 Å². The monoisotopic (exact) mass is 586 g/mol. The summed E-state index contributed by atoms with van der Waals surface area (Å²) >= 11 is 0. The van der Waals surface area contributed by atoms with Crippen molar-refractivity contribution in [1.82, 2.24) is 9.97 Å². The van der Waals surface area contributed by atoms with Gasteiger partial charge in [0.15, 0.2) is 12.6 Å². The number of aryl methyl sites for hydroxylation is 1. The number of hydrogen-bond donors (Lipinski definition) is 2. The Bertz CT molecular complexity index is 1820. The molecule has 0 spiro atoms. The number of aromatic nitrogens is 2. The minimum Gasteiger partial charge on any atom is -0.354 e. The smallest absolute Gasteiger partial charge is 0.152 e. The minimum atomic E-state index is -0.349. The lowest BCUT2D eigenvalue weighted by Crippen LogP contribution is -2.10. The van der Waals surface area contributed by atoms with Crippen LogP contribution in [0.1, 0.15) is 78.9 Å². The normalized spacial score (nSPS) is 11.8. The molecule has 0 bridgehead atoms. The molecule has 0 atom stereocenters. The van der Waals surface area contributed by atoms with Gasteiger partial charge in [0.25, 0.3) is 0 Å². The van der Waals surface area contributed by atoms with Gasteiger partial charge in [0, 0.05) is 27.4 Å². The lowest BCUT2D eigenvalue weighted by Gasteiger charge is -2.19. The van der Waals surface area contributed by atoms with E-state index in [1.54, 1.807) is 12.1 Å². The maximum absolute atomic E-state index is 13.9. The van der Waals surface area contributed by atoms with Crippen molar-refractivity contribution >= 4 is 34.4 Å². The minimum absolute atomic E-state index is 0.0680. The Hall–Kier alpha value is -4.77. The molecule has 5 heteroatoms. The Labute approximate surface area is 258 Å². The van der Waals surface area contributed by atoms with Crippen LogP contribution in [0.25, 0.3) is 44.3 Å². The molecule has 224 valence electrons.